The molecule has 8 heteroatoms. The van der Waals surface area contributed by atoms with E-state index >= 15 is 0 Å². The van der Waals surface area contributed by atoms with Crippen LogP contribution in [0.1, 0.15) is 47.1 Å². The number of pyridine rings is 1. The van der Waals surface area contributed by atoms with Gasteiger partial charge >= 0.3 is 11.7 Å². The first-order valence-corrected chi connectivity index (χ1v) is 12.1. The van der Waals surface area contributed by atoms with E-state index in [2.05, 4.69) is 52.9 Å². The number of nitrogens with one attached hydrogen (secondary N) is 1. The largest absolute Gasteiger partial charge is 0.465 e. The van der Waals surface area contributed by atoms with Crippen molar-refractivity contribution < 1.29 is 9.53 Å². The number of aromatic nitrogens is 1. The smallest absolute Gasteiger partial charge is 0.340 e. The number of hydrogen-bond donors (Lipinski definition) is 1. The van der Waals surface area contributed by atoms with Crippen molar-refractivity contribution in [2.75, 3.05) is 36.4 Å². The Morgan fingerprint density at radius 3 is 2.20 bits per heavy atom. The van der Waals surface area contributed by atoms with Crippen LogP contribution in [-0.2, 0) is 14.9 Å². The summed E-state index contributed by atoms with van der Waals surface area (Å²) in [5.74, 6) is 0.545. The predicted molar refractivity (Wildman–Crippen MR) is 141 cm³/mol. The third-order valence-corrected chi connectivity index (χ3v) is 5.87. The molecule has 7 nitrogen and oxygen atoms in total. The second kappa shape index (κ2) is 10.6. The first-order chi connectivity index (χ1) is 16.4. The number of esters is 1. The maximum Gasteiger partial charge on any atom is 0.340 e. The number of anilines is 2. The zero-order valence-electron chi connectivity index (χ0n) is 21.4. The van der Waals surface area contributed by atoms with Gasteiger partial charge in [-0.05, 0) is 56.0 Å². The number of ether oxygens (including phenoxy) is 1. The van der Waals surface area contributed by atoms with Crippen LogP contribution in [-0.4, -0.2) is 47.6 Å². The van der Waals surface area contributed by atoms with E-state index in [1.807, 2.05) is 23.1 Å². The summed E-state index contributed by atoms with van der Waals surface area (Å²) in [5, 5.41) is 3.94. The lowest BCUT2D eigenvalue weighted by Gasteiger charge is -2.38. The van der Waals surface area contributed by atoms with E-state index in [1.54, 1.807) is 33.0 Å². The van der Waals surface area contributed by atoms with E-state index in [0.717, 1.165) is 11.5 Å². The third kappa shape index (κ3) is 6.89. The highest BCUT2D eigenvalue weighted by Gasteiger charge is 2.29. The van der Waals surface area contributed by atoms with Crippen LogP contribution in [0.4, 0.5) is 11.5 Å². The van der Waals surface area contributed by atoms with Crippen LogP contribution in [0.3, 0.4) is 0 Å². The number of nitrogens with zero attached hydrogens (tertiary/aromatic N) is 4. The Labute approximate surface area is 213 Å². The van der Waals surface area contributed by atoms with Gasteiger partial charge in [0.1, 0.15) is 17.2 Å². The molecule has 0 amide bonds. The van der Waals surface area contributed by atoms with Crippen LogP contribution in [0.2, 0.25) is 5.02 Å². The maximum atomic E-state index is 13.0. The number of hydrogen-bond acceptors (Lipinski definition) is 6. The molecule has 2 heterocycles. The van der Waals surface area contributed by atoms with Crippen LogP contribution >= 0.6 is 11.6 Å². The summed E-state index contributed by atoms with van der Waals surface area (Å²) in [6.45, 7) is 22.1. The molecule has 186 valence electrons. The highest BCUT2D eigenvalue weighted by Crippen LogP contribution is 2.28. The van der Waals surface area contributed by atoms with Gasteiger partial charge in [0, 0.05) is 38.1 Å². The van der Waals surface area contributed by atoms with Crippen molar-refractivity contribution in [3.05, 3.63) is 76.1 Å². The van der Waals surface area contributed by atoms with Gasteiger partial charge in [-0.3, -0.25) is 4.79 Å². The second-order valence-corrected chi connectivity index (χ2v) is 11.0. The minimum atomic E-state index is -0.707. The summed E-state index contributed by atoms with van der Waals surface area (Å²) in [7, 11) is 0. The molecule has 1 N–H and O–H groups in total. The molecule has 1 fully saturated rings. The van der Waals surface area contributed by atoms with E-state index < -0.39 is 11.6 Å². The zero-order chi connectivity index (χ0) is 25.8. The molecule has 1 aromatic carbocycles. The lowest BCUT2D eigenvalue weighted by molar-refractivity contribution is -0.149. The molecule has 1 saturated heterocycles. The summed E-state index contributed by atoms with van der Waals surface area (Å²) in [5.41, 5.74) is 1.25. The molecular weight excluding hydrogens is 462 g/mol. The molecule has 0 bridgehead atoms. The summed E-state index contributed by atoms with van der Waals surface area (Å²) >= 11 is 6.34. The fraction of sp³-hybridized carbons (Fsp3) is 0.444. The van der Waals surface area contributed by atoms with E-state index in [4.69, 9.17) is 22.9 Å². The molecule has 2 aromatic rings. The number of carbonyl (C=O) groups is 1. The molecular formula is C27H34ClN5O2. The average Bonchev–Trinajstić information content (AvgIpc) is 2.78. The van der Waals surface area contributed by atoms with Crippen LogP contribution in [0.5, 0.6) is 0 Å². The molecule has 0 spiro atoms. The second-order valence-electron chi connectivity index (χ2n) is 10.5. The molecule has 0 unspecified atom stereocenters. The van der Waals surface area contributed by atoms with Gasteiger partial charge in [-0.15, -0.1) is 0 Å². The lowest BCUT2D eigenvalue weighted by Crippen LogP contribution is -2.48. The van der Waals surface area contributed by atoms with Gasteiger partial charge in [0.05, 0.1) is 11.6 Å². The summed E-state index contributed by atoms with van der Waals surface area (Å²) < 4.78 is 5.56. The quantitative estimate of drug-likeness (QED) is 0.326. The van der Waals surface area contributed by atoms with Crippen LogP contribution < -0.4 is 10.2 Å². The monoisotopic (exact) mass is 495 g/mol. The number of rotatable bonds is 5. The van der Waals surface area contributed by atoms with Gasteiger partial charge < -0.3 is 19.9 Å². The molecule has 1 aromatic heterocycles. The molecule has 1 aliphatic rings. The fourth-order valence-electron chi connectivity index (χ4n) is 3.75. The van der Waals surface area contributed by atoms with E-state index in [-0.39, 0.29) is 11.1 Å². The first-order valence-electron chi connectivity index (χ1n) is 11.7. The van der Waals surface area contributed by atoms with Crippen molar-refractivity contribution in [1.29, 1.82) is 0 Å². The topological polar surface area (TPSA) is 62.1 Å². The minimum Gasteiger partial charge on any atom is -0.465 e. The molecule has 0 aliphatic carbocycles. The predicted octanol–water partition coefficient (Wildman–Crippen LogP) is 5.70. The molecule has 3 rings (SSSR count). The van der Waals surface area contributed by atoms with Crippen LogP contribution in [0.25, 0.3) is 4.85 Å². The van der Waals surface area contributed by atoms with Crippen molar-refractivity contribution in [2.24, 2.45) is 0 Å². The number of benzene rings is 1. The van der Waals surface area contributed by atoms with Crippen LogP contribution in [0, 0.1) is 6.57 Å². The van der Waals surface area contributed by atoms with Crippen molar-refractivity contribution >= 4 is 29.1 Å². The highest BCUT2D eigenvalue weighted by molar-refractivity contribution is 6.32. The minimum absolute atomic E-state index is 0.0263. The van der Waals surface area contributed by atoms with Crippen molar-refractivity contribution in [3.63, 3.8) is 0 Å². The van der Waals surface area contributed by atoms with Crippen molar-refractivity contribution in [2.45, 2.75) is 52.6 Å². The Kier molecular flexibility index (Phi) is 7.97. The Hall–Kier alpha value is -3.24. The molecule has 0 saturated carbocycles. The lowest BCUT2D eigenvalue weighted by atomic mass is 9.87. The van der Waals surface area contributed by atoms with Crippen molar-refractivity contribution in [3.8, 4) is 0 Å². The standard InChI is InChI=1S/C27H34ClN5O2/c1-26(2,3)19-10-12-20(13-11-19)31-24(22(29-7)25(34)35-27(4,5)6)33-17-15-32(16-18-33)23-21(28)9-8-14-30-23/h8-14,31H,15-18H2,1-6H3/b24-22-. The number of halogens is 1. The van der Waals surface area contributed by atoms with Gasteiger partial charge in [-0.2, -0.15) is 0 Å². The highest BCUT2D eigenvalue weighted by atomic mass is 35.5. The Morgan fingerprint density at radius 1 is 1.06 bits per heavy atom. The summed E-state index contributed by atoms with van der Waals surface area (Å²) in [4.78, 5) is 25.1. The first kappa shape index (κ1) is 26.4. The number of carbonyl (C=O) groups excluding carboxylic acids is 1. The zero-order valence-corrected chi connectivity index (χ0v) is 22.1. The Morgan fingerprint density at radius 2 is 1.69 bits per heavy atom. The third-order valence-electron chi connectivity index (χ3n) is 5.58. The SMILES string of the molecule is [C-]#[N+]/C(C(=O)OC(C)(C)C)=C(/Nc1ccc(C(C)(C)C)cc1)N1CCN(c2ncccc2Cl)CC1. The van der Waals surface area contributed by atoms with Gasteiger partial charge in [-0.25, -0.2) is 9.83 Å². The molecule has 0 atom stereocenters. The van der Waals surface area contributed by atoms with Gasteiger partial charge in [0.15, 0.2) is 0 Å². The van der Waals surface area contributed by atoms with E-state index in [1.165, 1.54) is 5.56 Å². The normalized spacial score (nSPS) is 15.3. The molecule has 0 radical (unpaired) electrons. The van der Waals surface area contributed by atoms with E-state index in [0.29, 0.717) is 37.0 Å². The van der Waals surface area contributed by atoms with Gasteiger partial charge in [-0.1, -0.05) is 44.5 Å². The Bertz CT molecular complexity index is 1120. The molecule has 1 aliphatic heterocycles. The molecule has 35 heavy (non-hydrogen) atoms. The van der Waals surface area contributed by atoms with Crippen LogP contribution in [0.15, 0.2) is 54.1 Å². The fourth-order valence-corrected chi connectivity index (χ4v) is 3.99. The Balaban J connectivity index is 1.90. The van der Waals surface area contributed by atoms with Gasteiger partial charge in [0.25, 0.3) is 0 Å². The van der Waals surface area contributed by atoms with Crippen molar-refractivity contribution in [1.82, 2.24) is 9.88 Å². The van der Waals surface area contributed by atoms with Gasteiger partial charge in [0.2, 0.25) is 0 Å². The maximum absolute atomic E-state index is 13.0. The summed E-state index contributed by atoms with van der Waals surface area (Å²) in [6.07, 6.45) is 1.72. The average molecular weight is 496 g/mol. The van der Waals surface area contributed by atoms with E-state index in [9.17, 15) is 4.79 Å². The summed E-state index contributed by atoms with van der Waals surface area (Å²) in [6, 6.07) is 11.7. The number of piperazine rings is 1.